The van der Waals surface area contributed by atoms with Crippen molar-refractivity contribution in [2.45, 2.75) is 33.4 Å². The van der Waals surface area contributed by atoms with Gasteiger partial charge in [0.2, 0.25) is 0 Å². The summed E-state index contributed by atoms with van der Waals surface area (Å²) in [5.74, 6) is 1.48. The van der Waals surface area contributed by atoms with Crippen molar-refractivity contribution >= 4 is 28.5 Å². The number of aryl methyl sites for hydroxylation is 1. The quantitative estimate of drug-likeness (QED) is 0.385. The second kappa shape index (κ2) is 9.45. The van der Waals surface area contributed by atoms with Gasteiger partial charge in [-0.15, -0.1) is 0 Å². The third-order valence-electron chi connectivity index (χ3n) is 5.63. The van der Waals surface area contributed by atoms with Crippen molar-refractivity contribution in [2.24, 2.45) is 0 Å². The molecule has 0 radical (unpaired) electrons. The van der Waals surface area contributed by atoms with Crippen LogP contribution in [0, 0.1) is 13.8 Å². The number of rotatable bonds is 7. The first kappa shape index (κ1) is 21.9. The number of benzene rings is 3. The maximum absolute atomic E-state index is 12.7. The molecule has 32 heavy (non-hydrogen) atoms. The highest BCUT2D eigenvalue weighted by atomic mass is 35.5. The number of carbonyl (C=O) groups excluding carboxylic acids is 1. The predicted octanol–water partition coefficient (Wildman–Crippen LogP) is 5.88. The lowest BCUT2D eigenvalue weighted by molar-refractivity contribution is 0.0937. The number of hydrogen-bond acceptors (Lipinski definition) is 3. The Kier molecular flexibility index (Phi) is 6.47. The monoisotopic (exact) mass is 447 g/mol. The number of hydrogen-bond donors (Lipinski definition) is 1. The van der Waals surface area contributed by atoms with E-state index in [1.54, 1.807) is 24.3 Å². The molecule has 1 N–H and O–H groups in total. The highest BCUT2D eigenvalue weighted by Gasteiger charge is 2.19. The van der Waals surface area contributed by atoms with Crippen LogP contribution in [0.4, 0.5) is 0 Å². The topological polar surface area (TPSA) is 56.1 Å². The van der Waals surface area contributed by atoms with Gasteiger partial charge in [0.15, 0.2) is 0 Å². The third-order valence-corrected chi connectivity index (χ3v) is 5.87. The number of nitrogens with zero attached hydrogens (tertiary/aromatic N) is 2. The molecule has 0 saturated carbocycles. The number of aromatic nitrogens is 2. The molecule has 0 saturated heterocycles. The van der Waals surface area contributed by atoms with E-state index in [-0.39, 0.29) is 11.9 Å². The van der Waals surface area contributed by atoms with E-state index in [4.69, 9.17) is 21.3 Å². The Morgan fingerprint density at radius 1 is 1.09 bits per heavy atom. The zero-order chi connectivity index (χ0) is 22.7. The Bertz CT molecular complexity index is 1270. The van der Waals surface area contributed by atoms with Crippen molar-refractivity contribution in [2.75, 3.05) is 6.61 Å². The van der Waals surface area contributed by atoms with Gasteiger partial charge in [0, 0.05) is 10.6 Å². The minimum Gasteiger partial charge on any atom is -0.491 e. The number of halogens is 1. The number of nitrogens with one attached hydrogen (secondary N) is 1. The molecule has 0 aliphatic carbocycles. The van der Waals surface area contributed by atoms with E-state index in [0.717, 1.165) is 28.2 Å². The smallest absolute Gasteiger partial charge is 0.251 e. The minimum atomic E-state index is -0.297. The van der Waals surface area contributed by atoms with Crippen molar-refractivity contribution < 1.29 is 9.53 Å². The molecule has 0 spiro atoms. The van der Waals surface area contributed by atoms with E-state index in [1.165, 1.54) is 5.56 Å². The van der Waals surface area contributed by atoms with Gasteiger partial charge in [-0.25, -0.2) is 4.98 Å². The van der Waals surface area contributed by atoms with Crippen LogP contribution in [-0.2, 0) is 6.54 Å². The molecule has 0 aliphatic rings. The number of amides is 1. The first-order valence-corrected chi connectivity index (χ1v) is 11.0. The normalized spacial score (nSPS) is 12.0. The Balaban J connectivity index is 1.55. The molecule has 0 aliphatic heterocycles. The standard InChI is InChI=1S/C26H26ClN3O2/c1-17-8-6-13-24(18(17)2)32-15-14-30-23-12-5-4-11-22(23)29-25(30)19(3)28-26(31)20-9-7-10-21(27)16-20/h4-13,16,19H,14-15H2,1-3H3,(H,28,31). The Morgan fingerprint density at radius 3 is 2.69 bits per heavy atom. The zero-order valence-corrected chi connectivity index (χ0v) is 19.2. The fourth-order valence-corrected chi connectivity index (χ4v) is 3.95. The van der Waals surface area contributed by atoms with E-state index in [0.29, 0.717) is 23.7 Å². The summed E-state index contributed by atoms with van der Waals surface area (Å²) in [5, 5.41) is 3.57. The molecule has 1 aromatic heterocycles. The molecular weight excluding hydrogens is 422 g/mol. The molecule has 164 valence electrons. The molecule has 1 atom stereocenters. The number of ether oxygens (including phenoxy) is 1. The van der Waals surface area contributed by atoms with E-state index >= 15 is 0 Å². The maximum Gasteiger partial charge on any atom is 0.251 e. The Morgan fingerprint density at radius 2 is 1.88 bits per heavy atom. The fraction of sp³-hybridized carbons (Fsp3) is 0.231. The number of para-hydroxylation sites is 2. The number of carbonyl (C=O) groups is 1. The van der Waals surface area contributed by atoms with E-state index in [9.17, 15) is 4.79 Å². The first-order chi connectivity index (χ1) is 15.4. The van der Waals surface area contributed by atoms with Crippen LogP contribution in [-0.4, -0.2) is 22.1 Å². The summed E-state index contributed by atoms with van der Waals surface area (Å²) in [7, 11) is 0. The highest BCUT2D eigenvalue weighted by Crippen LogP contribution is 2.23. The van der Waals surface area contributed by atoms with E-state index in [1.807, 2.05) is 43.3 Å². The highest BCUT2D eigenvalue weighted by molar-refractivity contribution is 6.30. The lowest BCUT2D eigenvalue weighted by Gasteiger charge is -2.17. The van der Waals surface area contributed by atoms with Crippen LogP contribution in [0.3, 0.4) is 0 Å². The van der Waals surface area contributed by atoms with Crippen LogP contribution in [0.25, 0.3) is 11.0 Å². The molecule has 0 bridgehead atoms. The summed E-state index contributed by atoms with van der Waals surface area (Å²) in [5.41, 5.74) is 4.76. The molecule has 1 heterocycles. The molecule has 4 aromatic rings. The van der Waals surface area contributed by atoms with Crippen LogP contribution in [0.2, 0.25) is 5.02 Å². The molecule has 1 amide bonds. The number of fused-ring (bicyclic) bond motifs is 1. The van der Waals surface area contributed by atoms with Crippen LogP contribution in [0.1, 0.15) is 40.3 Å². The lowest BCUT2D eigenvalue weighted by Crippen LogP contribution is -2.29. The second-order valence-corrected chi connectivity index (χ2v) is 8.30. The molecule has 1 unspecified atom stereocenters. The van der Waals surface area contributed by atoms with Crippen molar-refractivity contribution in [1.29, 1.82) is 0 Å². The van der Waals surface area contributed by atoms with Gasteiger partial charge in [-0.2, -0.15) is 0 Å². The Hall–Kier alpha value is -3.31. The fourth-order valence-electron chi connectivity index (χ4n) is 3.76. The SMILES string of the molecule is Cc1cccc(OCCn2c(C(C)NC(=O)c3cccc(Cl)c3)nc3ccccc32)c1C. The van der Waals surface area contributed by atoms with Crippen molar-refractivity contribution in [1.82, 2.24) is 14.9 Å². The molecular formula is C26H26ClN3O2. The summed E-state index contributed by atoms with van der Waals surface area (Å²) >= 11 is 6.04. The summed E-state index contributed by atoms with van der Waals surface area (Å²) in [4.78, 5) is 17.5. The van der Waals surface area contributed by atoms with Gasteiger partial charge in [-0.05, 0) is 68.3 Å². The van der Waals surface area contributed by atoms with Crippen molar-refractivity contribution in [3.63, 3.8) is 0 Å². The molecule has 3 aromatic carbocycles. The van der Waals surface area contributed by atoms with Gasteiger partial charge in [-0.3, -0.25) is 4.79 Å². The summed E-state index contributed by atoms with van der Waals surface area (Å²) in [6, 6.07) is 20.7. The van der Waals surface area contributed by atoms with Gasteiger partial charge in [0.05, 0.1) is 23.6 Å². The predicted molar refractivity (Wildman–Crippen MR) is 128 cm³/mol. The maximum atomic E-state index is 12.7. The number of imidazole rings is 1. The van der Waals surface area contributed by atoms with Gasteiger partial charge >= 0.3 is 0 Å². The average molecular weight is 448 g/mol. The minimum absolute atomic E-state index is 0.190. The van der Waals surface area contributed by atoms with Gasteiger partial charge in [0.25, 0.3) is 5.91 Å². The van der Waals surface area contributed by atoms with Crippen molar-refractivity contribution in [3.8, 4) is 5.75 Å². The molecule has 6 heteroatoms. The van der Waals surface area contributed by atoms with Crippen LogP contribution in [0.5, 0.6) is 5.75 Å². The van der Waals surface area contributed by atoms with Gasteiger partial charge < -0.3 is 14.6 Å². The average Bonchev–Trinajstić information content (AvgIpc) is 3.15. The molecule has 0 fully saturated rings. The summed E-state index contributed by atoms with van der Waals surface area (Å²) in [6.45, 7) is 7.18. The van der Waals surface area contributed by atoms with Crippen molar-refractivity contribution in [3.05, 3.63) is 94.3 Å². The Labute approximate surface area is 193 Å². The van der Waals surface area contributed by atoms with Gasteiger partial charge in [-0.1, -0.05) is 41.9 Å². The van der Waals surface area contributed by atoms with Gasteiger partial charge in [0.1, 0.15) is 18.2 Å². The lowest BCUT2D eigenvalue weighted by atomic mass is 10.1. The summed E-state index contributed by atoms with van der Waals surface area (Å²) < 4.78 is 8.20. The van der Waals surface area contributed by atoms with Crippen LogP contribution < -0.4 is 10.1 Å². The molecule has 4 rings (SSSR count). The van der Waals surface area contributed by atoms with E-state index < -0.39 is 0 Å². The van der Waals surface area contributed by atoms with Crippen LogP contribution >= 0.6 is 11.6 Å². The summed E-state index contributed by atoms with van der Waals surface area (Å²) in [6.07, 6.45) is 0. The first-order valence-electron chi connectivity index (χ1n) is 10.6. The largest absolute Gasteiger partial charge is 0.491 e. The third kappa shape index (κ3) is 4.63. The van der Waals surface area contributed by atoms with E-state index in [2.05, 4.69) is 29.8 Å². The van der Waals surface area contributed by atoms with Crippen LogP contribution in [0.15, 0.2) is 66.7 Å². The zero-order valence-electron chi connectivity index (χ0n) is 18.4. The molecule has 5 nitrogen and oxygen atoms in total. The second-order valence-electron chi connectivity index (χ2n) is 7.86.